The highest BCUT2D eigenvalue weighted by Gasteiger charge is 2.20. The third-order valence-corrected chi connectivity index (χ3v) is 9.08. The molecule has 0 fully saturated rings. The Balaban J connectivity index is 1.30. The second kappa shape index (κ2) is 12.6. The predicted molar refractivity (Wildman–Crippen MR) is 202 cm³/mol. The van der Waals surface area contributed by atoms with Gasteiger partial charge in [-0.2, -0.15) is 0 Å². The molecule has 0 aliphatic heterocycles. The van der Waals surface area contributed by atoms with Crippen molar-refractivity contribution in [3.8, 4) is 22.3 Å². The van der Waals surface area contributed by atoms with E-state index in [2.05, 4.69) is 134 Å². The fourth-order valence-electron chi connectivity index (χ4n) is 6.54. The second-order valence-corrected chi connectivity index (χ2v) is 12.2. The third kappa shape index (κ3) is 5.61. The molecule has 1 atom stereocenters. The molecule has 0 radical (unpaired) electrons. The van der Waals surface area contributed by atoms with Crippen LogP contribution in [0.2, 0.25) is 0 Å². The number of nitrogens with zero attached hydrogens (tertiary/aromatic N) is 2. The summed E-state index contributed by atoms with van der Waals surface area (Å²) in [5.74, 6) is 0.694. The number of hydrogen-bond acceptors (Lipinski definition) is 2. The summed E-state index contributed by atoms with van der Waals surface area (Å²) < 4.78 is 6.80. The molecule has 48 heavy (non-hydrogen) atoms. The lowest BCUT2D eigenvalue weighted by molar-refractivity contribution is 0.655. The summed E-state index contributed by atoms with van der Waals surface area (Å²) >= 11 is 0. The van der Waals surface area contributed by atoms with Gasteiger partial charge in [0.2, 0.25) is 0 Å². The van der Waals surface area contributed by atoms with Crippen molar-refractivity contribution in [1.29, 1.82) is 0 Å². The minimum absolute atomic E-state index is 0.223. The van der Waals surface area contributed by atoms with Gasteiger partial charge in [0.05, 0.1) is 6.04 Å². The van der Waals surface area contributed by atoms with Gasteiger partial charge in [-0.05, 0) is 64.6 Å². The van der Waals surface area contributed by atoms with Crippen LogP contribution in [0.4, 0.5) is 0 Å². The van der Waals surface area contributed by atoms with E-state index < -0.39 is 0 Å². The maximum absolute atomic E-state index is 6.80. The van der Waals surface area contributed by atoms with Crippen LogP contribution < -0.4 is 0 Å². The van der Waals surface area contributed by atoms with Crippen LogP contribution in [0.1, 0.15) is 36.6 Å². The highest BCUT2D eigenvalue weighted by Crippen LogP contribution is 2.42. The van der Waals surface area contributed by atoms with Crippen molar-refractivity contribution in [3.05, 3.63) is 180 Å². The first-order chi connectivity index (χ1) is 23.6. The van der Waals surface area contributed by atoms with Crippen LogP contribution in [0, 0.1) is 0 Å². The van der Waals surface area contributed by atoms with E-state index in [0.717, 1.165) is 60.9 Å². The first-order valence-corrected chi connectivity index (χ1v) is 16.4. The smallest absolute Gasteiger partial charge is 0.155 e. The Bertz CT molecular complexity index is 2440. The second-order valence-electron chi connectivity index (χ2n) is 12.2. The summed E-state index contributed by atoms with van der Waals surface area (Å²) in [5.41, 5.74) is 10.4. The fourth-order valence-corrected chi connectivity index (χ4v) is 6.54. The van der Waals surface area contributed by atoms with Crippen LogP contribution in [0.15, 0.2) is 178 Å². The molecule has 8 rings (SSSR count). The van der Waals surface area contributed by atoms with Crippen LogP contribution in [0.5, 0.6) is 0 Å². The number of rotatable bonds is 6. The lowest BCUT2D eigenvalue weighted by Crippen LogP contribution is -2.06. The maximum Gasteiger partial charge on any atom is 0.155 e. The molecular weight excluding hydrogens is 585 g/mol. The fraction of sp³-hybridized carbons (Fsp3) is 0.0667. The summed E-state index contributed by atoms with van der Waals surface area (Å²) in [5, 5.41) is 4.55. The number of furan rings is 1. The molecule has 0 bridgehead atoms. The van der Waals surface area contributed by atoms with Gasteiger partial charge in [-0.3, -0.25) is 4.99 Å². The van der Waals surface area contributed by atoms with Crippen molar-refractivity contribution in [3.63, 3.8) is 0 Å². The monoisotopic (exact) mass is 618 g/mol. The van der Waals surface area contributed by atoms with E-state index in [1.807, 2.05) is 43.3 Å². The van der Waals surface area contributed by atoms with Crippen LogP contribution in [0.3, 0.4) is 0 Å². The zero-order valence-electron chi connectivity index (χ0n) is 27.0. The van der Waals surface area contributed by atoms with Crippen LogP contribution >= 0.6 is 0 Å². The first-order valence-electron chi connectivity index (χ1n) is 16.4. The number of hydrogen-bond donors (Lipinski definition) is 0. The number of aliphatic imine (C=N–C) groups is 2. The molecule has 1 heterocycles. The average molecular weight is 619 g/mol. The third-order valence-electron chi connectivity index (χ3n) is 9.08. The molecule has 8 aromatic rings. The quantitative estimate of drug-likeness (QED) is 0.135. The van der Waals surface area contributed by atoms with Gasteiger partial charge in [0.15, 0.2) is 5.84 Å². The van der Waals surface area contributed by atoms with E-state index in [1.165, 1.54) is 16.5 Å². The maximum atomic E-state index is 6.80. The summed E-state index contributed by atoms with van der Waals surface area (Å²) in [6, 6.07) is 56.9. The predicted octanol–water partition coefficient (Wildman–Crippen LogP) is 12.1. The van der Waals surface area contributed by atoms with Gasteiger partial charge >= 0.3 is 0 Å². The zero-order chi connectivity index (χ0) is 32.5. The summed E-state index contributed by atoms with van der Waals surface area (Å²) in [4.78, 5) is 10.4. The summed E-state index contributed by atoms with van der Waals surface area (Å²) in [6.07, 6.45) is 0. The molecule has 1 aromatic heterocycles. The number of fused-ring (bicyclic) bond motifs is 4. The van der Waals surface area contributed by atoms with Gasteiger partial charge in [-0.1, -0.05) is 152 Å². The van der Waals surface area contributed by atoms with E-state index in [9.17, 15) is 0 Å². The molecule has 3 nitrogen and oxygen atoms in total. The lowest BCUT2D eigenvalue weighted by Gasteiger charge is -2.13. The van der Waals surface area contributed by atoms with Crippen molar-refractivity contribution in [2.75, 3.05) is 0 Å². The SMILES string of the molecule is C/C(=N\C(=N/C(C)c1ccc(-c2ccc(-c3ccccc3)cc2)c2c1oc1cc3ccccc3cc12)c1ccccc1)c1ccccc1. The van der Waals surface area contributed by atoms with Gasteiger partial charge in [-0.15, -0.1) is 0 Å². The Morgan fingerprint density at radius 2 is 1.12 bits per heavy atom. The van der Waals surface area contributed by atoms with E-state index >= 15 is 0 Å². The molecule has 0 aliphatic carbocycles. The Morgan fingerprint density at radius 1 is 0.562 bits per heavy atom. The molecule has 230 valence electrons. The van der Waals surface area contributed by atoms with Crippen molar-refractivity contribution in [2.45, 2.75) is 19.9 Å². The molecule has 0 N–H and O–H groups in total. The molecular formula is C45H34N2O. The van der Waals surface area contributed by atoms with Crippen LogP contribution in [0.25, 0.3) is 55.0 Å². The van der Waals surface area contributed by atoms with E-state index in [1.54, 1.807) is 0 Å². The molecule has 0 saturated heterocycles. The van der Waals surface area contributed by atoms with Crippen LogP contribution in [-0.4, -0.2) is 11.5 Å². The number of benzene rings is 7. The van der Waals surface area contributed by atoms with Crippen molar-refractivity contribution < 1.29 is 4.42 Å². The molecule has 7 aromatic carbocycles. The van der Waals surface area contributed by atoms with Crippen molar-refractivity contribution in [1.82, 2.24) is 0 Å². The molecule has 0 aliphatic rings. The molecule has 0 spiro atoms. The molecule has 3 heteroatoms. The Morgan fingerprint density at radius 3 is 1.81 bits per heavy atom. The van der Waals surface area contributed by atoms with Crippen molar-refractivity contribution in [2.24, 2.45) is 9.98 Å². The van der Waals surface area contributed by atoms with E-state index in [-0.39, 0.29) is 6.04 Å². The minimum atomic E-state index is -0.223. The van der Waals surface area contributed by atoms with Crippen molar-refractivity contribution >= 4 is 44.3 Å². The van der Waals surface area contributed by atoms with Gasteiger partial charge in [0, 0.05) is 27.6 Å². The average Bonchev–Trinajstić information content (AvgIpc) is 3.52. The van der Waals surface area contributed by atoms with Gasteiger partial charge in [0.25, 0.3) is 0 Å². The Kier molecular flexibility index (Phi) is 7.72. The van der Waals surface area contributed by atoms with Gasteiger partial charge in [0.1, 0.15) is 11.2 Å². The highest BCUT2D eigenvalue weighted by atomic mass is 16.3. The Hall–Kier alpha value is -6.06. The van der Waals surface area contributed by atoms with E-state index in [0.29, 0.717) is 5.84 Å². The minimum Gasteiger partial charge on any atom is -0.456 e. The Labute approximate surface area is 280 Å². The first kappa shape index (κ1) is 29.3. The van der Waals surface area contributed by atoms with E-state index in [4.69, 9.17) is 14.4 Å². The number of amidine groups is 1. The van der Waals surface area contributed by atoms with Gasteiger partial charge in [-0.25, -0.2) is 4.99 Å². The van der Waals surface area contributed by atoms with Gasteiger partial charge < -0.3 is 4.42 Å². The topological polar surface area (TPSA) is 37.9 Å². The largest absolute Gasteiger partial charge is 0.456 e. The normalized spacial score (nSPS) is 13.0. The molecule has 0 saturated carbocycles. The van der Waals surface area contributed by atoms with Crippen LogP contribution in [-0.2, 0) is 0 Å². The summed E-state index contributed by atoms with van der Waals surface area (Å²) in [6.45, 7) is 4.17. The standard InChI is InChI=1S/C45H34N2O/c1-30(32-14-6-3-7-15-32)46-45(36-18-10-5-11-19-36)47-31(2)39-26-27-40(35-24-22-34(23-25-35)33-16-8-4-9-17-33)43-41-28-37-20-12-13-21-38(37)29-42(41)48-44(39)43/h3-29,31H,1-2H3/b46-30+,47-45-. The molecule has 0 amide bonds. The lowest BCUT2D eigenvalue weighted by atomic mass is 9.93. The zero-order valence-corrected chi connectivity index (χ0v) is 27.0. The highest BCUT2D eigenvalue weighted by molar-refractivity contribution is 6.16. The molecule has 1 unspecified atom stereocenters. The summed E-state index contributed by atoms with van der Waals surface area (Å²) in [7, 11) is 0.